The Morgan fingerprint density at radius 1 is 0.936 bits per heavy atom. The third-order valence-corrected chi connectivity index (χ3v) is 9.81. The number of cyclic esters (lactones) is 1. The number of fused-ring (bicyclic) bond motifs is 2. The van der Waals surface area contributed by atoms with Crippen molar-refractivity contribution >= 4 is 29.4 Å². The molecule has 0 bridgehead atoms. The molecule has 0 aromatic heterocycles. The van der Waals surface area contributed by atoms with Gasteiger partial charge in [-0.3, -0.25) is 19.2 Å². The maximum atomic E-state index is 14.8. The van der Waals surface area contributed by atoms with Crippen molar-refractivity contribution in [2.24, 2.45) is 11.8 Å². The molecule has 2 N–H and O–H groups in total. The molecule has 0 unspecified atom stereocenters. The predicted octanol–water partition coefficient (Wildman–Crippen LogP) is 3.70. The third kappa shape index (κ3) is 6.12. The molecule has 1 spiro atoms. The van der Waals surface area contributed by atoms with E-state index in [2.05, 4.69) is 5.32 Å². The van der Waals surface area contributed by atoms with Crippen molar-refractivity contribution in [1.82, 2.24) is 10.2 Å². The van der Waals surface area contributed by atoms with Gasteiger partial charge in [-0.1, -0.05) is 72.8 Å². The molecule has 248 valence electrons. The minimum Gasteiger partial charge on any atom is -0.455 e. The number of nitrogens with zero attached hydrogens (tertiary/aromatic N) is 2. The molecule has 2 saturated heterocycles. The minimum absolute atomic E-state index is 0.0417. The fourth-order valence-electron chi connectivity index (χ4n) is 7.65. The van der Waals surface area contributed by atoms with Crippen molar-refractivity contribution in [3.05, 3.63) is 89.5 Å². The van der Waals surface area contributed by atoms with Gasteiger partial charge in [0.1, 0.15) is 23.7 Å². The van der Waals surface area contributed by atoms with Crippen LogP contribution in [0.3, 0.4) is 0 Å². The lowest BCUT2D eigenvalue weighted by Gasteiger charge is -2.36. The molecule has 4 aliphatic heterocycles. The lowest BCUT2D eigenvalue weighted by Crippen LogP contribution is -2.55. The second-order valence-electron chi connectivity index (χ2n) is 12.9. The molecule has 0 aliphatic carbocycles. The van der Waals surface area contributed by atoms with Crippen LogP contribution in [0.25, 0.3) is 0 Å². The number of ether oxygens (including phenoxy) is 2. The molecule has 4 aliphatic rings. The molecular weight excluding hydrogens is 598 g/mol. The van der Waals surface area contributed by atoms with E-state index >= 15 is 0 Å². The Morgan fingerprint density at radius 3 is 2.45 bits per heavy atom. The number of esters is 1. The molecule has 10 heteroatoms. The van der Waals surface area contributed by atoms with Gasteiger partial charge in [0.25, 0.3) is 5.91 Å². The molecule has 0 saturated carbocycles. The summed E-state index contributed by atoms with van der Waals surface area (Å²) in [5, 5.41) is 12.3. The van der Waals surface area contributed by atoms with Crippen LogP contribution in [0.2, 0.25) is 0 Å². The lowest BCUT2D eigenvalue weighted by molar-refractivity contribution is -0.159. The molecule has 6 atom stereocenters. The number of amides is 3. The number of rotatable bonds is 7. The first-order valence-corrected chi connectivity index (χ1v) is 16.6. The van der Waals surface area contributed by atoms with Gasteiger partial charge in [0.15, 0.2) is 0 Å². The number of unbranched alkanes of at least 4 members (excludes halogenated alkanes) is 2. The standard InChI is InChI=1S/C37H43N3O7/c1-24-13-11-14-25(2)32(24)39-21-12-19-37-31(34(43)40(33(37)35(39)44)20-9-4-10-22-41)30-27(47-37)17-7-8-18-29(42)38-23-28(46-36(30)45)26-15-5-3-6-16-26/h3,5-7,11-17,19,27-28,30-31,33,41H,4,8-10,18,20-23H2,1-2H3,(H,38,42)/b17-7-/t27-,28+,30+,31+,33-,37+/m0/s1. The van der Waals surface area contributed by atoms with Gasteiger partial charge in [-0.15, -0.1) is 0 Å². The van der Waals surface area contributed by atoms with E-state index in [1.165, 1.54) is 0 Å². The van der Waals surface area contributed by atoms with E-state index in [4.69, 9.17) is 9.47 Å². The Hall–Kier alpha value is -4.28. The molecule has 47 heavy (non-hydrogen) atoms. The summed E-state index contributed by atoms with van der Waals surface area (Å²) in [6.45, 7) is 4.62. The van der Waals surface area contributed by atoms with Gasteiger partial charge in [0, 0.05) is 31.8 Å². The van der Waals surface area contributed by atoms with E-state index in [1.54, 1.807) is 22.0 Å². The summed E-state index contributed by atoms with van der Waals surface area (Å²) in [6, 6.07) is 14.1. The van der Waals surface area contributed by atoms with Gasteiger partial charge < -0.3 is 29.7 Å². The molecule has 2 aromatic carbocycles. The molecule has 10 nitrogen and oxygen atoms in total. The smallest absolute Gasteiger partial charge is 0.313 e. The zero-order chi connectivity index (χ0) is 33.1. The van der Waals surface area contributed by atoms with E-state index in [1.807, 2.05) is 74.5 Å². The lowest BCUT2D eigenvalue weighted by atomic mass is 9.77. The highest BCUT2D eigenvalue weighted by Gasteiger charge is 2.71. The summed E-state index contributed by atoms with van der Waals surface area (Å²) < 4.78 is 13.0. The number of hydrogen-bond donors (Lipinski definition) is 2. The van der Waals surface area contributed by atoms with Crippen LogP contribution >= 0.6 is 0 Å². The van der Waals surface area contributed by atoms with Crippen LogP contribution in [0.1, 0.15) is 54.9 Å². The summed E-state index contributed by atoms with van der Waals surface area (Å²) in [6.07, 6.45) is 8.12. The molecule has 2 fully saturated rings. The van der Waals surface area contributed by atoms with Crippen molar-refractivity contribution in [3.8, 4) is 0 Å². The van der Waals surface area contributed by atoms with E-state index in [0.717, 1.165) is 16.8 Å². The van der Waals surface area contributed by atoms with Crippen LogP contribution in [-0.4, -0.2) is 77.7 Å². The Bertz CT molecular complexity index is 1550. The average molecular weight is 642 g/mol. The van der Waals surface area contributed by atoms with Gasteiger partial charge in [-0.05, 0) is 56.2 Å². The second-order valence-corrected chi connectivity index (χ2v) is 12.9. The summed E-state index contributed by atoms with van der Waals surface area (Å²) >= 11 is 0. The molecular formula is C37H43N3O7. The van der Waals surface area contributed by atoms with Crippen LogP contribution in [0.4, 0.5) is 5.69 Å². The van der Waals surface area contributed by atoms with Crippen LogP contribution in [0.15, 0.2) is 72.8 Å². The van der Waals surface area contributed by atoms with E-state index in [0.29, 0.717) is 31.2 Å². The Morgan fingerprint density at radius 2 is 1.70 bits per heavy atom. The number of likely N-dealkylation sites (tertiary alicyclic amines) is 1. The average Bonchev–Trinajstić information content (AvgIpc) is 3.44. The zero-order valence-electron chi connectivity index (χ0n) is 27.0. The normalized spacial score (nSPS) is 30.0. The Balaban J connectivity index is 1.42. The predicted molar refractivity (Wildman–Crippen MR) is 175 cm³/mol. The minimum atomic E-state index is -1.41. The highest BCUT2D eigenvalue weighted by Crippen LogP contribution is 2.53. The Kier molecular flexibility index (Phi) is 9.61. The van der Waals surface area contributed by atoms with Crippen molar-refractivity contribution < 1.29 is 33.8 Å². The van der Waals surface area contributed by atoms with Gasteiger partial charge >= 0.3 is 5.97 Å². The van der Waals surface area contributed by atoms with Gasteiger partial charge in [0.2, 0.25) is 11.8 Å². The van der Waals surface area contributed by atoms with Gasteiger partial charge in [-0.2, -0.15) is 0 Å². The number of benzene rings is 2. The van der Waals surface area contributed by atoms with E-state index < -0.39 is 41.7 Å². The molecule has 2 aromatic rings. The number of aryl methyl sites for hydroxylation is 2. The first-order chi connectivity index (χ1) is 22.8. The number of hydrogen-bond acceptors (Lipinski definition) is 7. The highest BCUT2D eigenvalue weighted by atomic mass is 16.6. The van der Waals surface area contributed by atoms with Crippen LogP contribution in [-0.2, 0) is 28.7 Å². The van der Waals surface area contributed by atoms with Crippen molar-refractivity contribution in [1.29, 1.82) is 0 Å². The summed E-state index contributed by atoms with van der Waals surface area (Å²) in [5.41, 5.74) is 1.98. The monoisotopic (exact) mass is 641 g/mol. The van der Waals surface area contributed by atoms with Crippen molar-refractivity contribution in [2.45, 2.75) is 69.8 Å². The second kappa shape index (κ2) is 13.8. The third-order valence-electron chi connectivity index (χ3n) is 9.81. The first kappa shape index (κ1) is 32.7. The topological polar surface area (TPSA) is 125 Å². The number of carbonyl (C=O) groups excluding carboxylic acids is 4. The molecule has 4 heterocycles. The maximum Gasteiger partial charge on any atom is 0.313 e. The van der Waals surface area contributed by atoms with Crippen LogP contribution in [0, 0.1) is 25.7 Å². The SMILES string of the molecule is Cc1cccc(C)c1N1CC=C[C@@]23O[C@H]4/C=C\CCC(=O)NC[C@H](c5ccccc5)OC(=O)[C@H]4[C@@H]2C(=O)N(CCCCCO)[C@H]3C1=O. The van der Waals surface area contributed by atoms with Crippen molar-refractivity contribution in [2.75, 3.05) is 31.1 Å². The maximum absolute atomic E-state index is 14.8. The van der Waals surface area contributed by atoms with Crippen LogP contribution < -0.4 is 10.2 Å². The summed E-state index contributed by atoms with van der Waals surface area (Å²) in [4.78, 5) is 59.6. The fourth-order valence-corrected chi connectivity index (χ4v) is 7.65. The number of para-hydroxylation sites is 1. The highest BCUT2D eigenvalue weighted by molar-refractivity contribution is 6.06. The van der Waals surface area contributed by atoms with E-state index in [-0.39, 0.29) is 50.4 Å². The summed E-state index contributed by atoms with van der Waals surface area (Å²) in [5.74, 6) is -3.39. The number of allylic oxidation sites excluding steroid dienone is 1. The first-order valence-electron chi connectivity index (χ1n) is 16.6. The fraction of sp³-hybridized carbons (Fsp3) is 0.459. The molecule has 0 radical (unpaired) electrons. The quantitative estimate of drug-likeness (QED) is 0.268. The molecule has 6 rings (SSSR count). The Labute approximate surface area is 275 Å². The van der Waals surface area contributed by atoms with Crippen molar-refractivity contribution in [3.63, 3.8) is 0 Å². The number of nitrogens with one attached hydrogen (secondary N) is 1. The van der Waals surface area contributed by atoms with E-state index in [9.17, 15) is 24.3 Å². The number of aliphatic hydroxyl groups is 1. The van der Waals surface area contributed by atoms with Gasteiger partial charge in [0.05, 0.1) is 18.6 Å². The number of aliphatic hydroxyl groups excluding tert-OH is 1. The number of anilines is 1. The summed E-state index contributed by atoms with van der Waals surface area (Å²) in [7, 11) is 0. The van der Waals surface area contributed by atoms with Gasteiger partial charge in [-0.25, -0.2) is 0 Å². The number of carbonyl (C=O) groups is 4. The largest absolute Gasteiger partial charge is 0.455 e. The molecule has 3 amide bonds. The van der Waals surface area contributed by atoms with Crippen LogP contribution in [0.5, 0.6) is 0 Å². The zero-order valence-corrected chi connectivity index (χ0v) is 27.0.